The Morgan fingerprint density at radius 3 is 2.00 bits per heavy atom. The zero-order valence-electron chi connectivity index (χ0n) is 17.8. The Balaban J connectivity index is 1.59. The molecule has 1 aliphatic rings. The van der Waals surface area contributed by atoms with Crippen LogP contribution in [0.5, 0.6) is 0 Å². The fourth-order valence-electron chi connectivity index (χ4n) is 3.97. The summed E-state index contributed by atoms with van der Waals surface area (Å²) in [6.07, 6.45) is 0. The molecule has 0 unspecified atom stereocenters. The third-order valence-corrected chi connectivity index (χ3v) is 5.56. The molecule has 2 heterocycles. The van der Waals surface area contributed by atoms with Gasteiger partial charge in [-0.1, -0.05) is 36.4 Å². The van der Waals surface area contributed by atoms with Crippen molar-refractivity contribution in [3.8, 4) is 5.69 Å². The average Bonchev–Trinajstić information content (AvgIpc) is 3.14. The van der Waals surface area contributed by atoms with E-state index in [1.807, 2.05) is 36.4 Å². The van der Waals surface area contributed by atoms with Gasteiger partial charge in [0.15, 0.2) is 0 Å². The van der Waals surface area contributed by atoms with Crippen molar-refractivity contribution in [2.45, 2.75) is 0 Å². The smallest absolute Gasteiger partial charge is 0.262 e. The average molecular weight is 450 g/mol. The number of nitrogens with two attached hydrogens (primary N) is 1. The molecule has 3 aromatic carbocycles. The molecule has 8 nitrogen and oxygen atoms in total. The van der Waals surface area contributed by atoms with Crippen molar-refractivity contribution < 1.29 is 14.4 Å². The Bertz CT molecular complexity index is 1490. The lowest BCUT2D eigenvalue weighted by Gasteiger charge is -2.23. The van der Waals surface area contributed by atoms with Crippen LogP contribution in [0.3, 0.4) is 0 Å². The van der Waals surface area contributed by atoms with Gasteiger partial charge in [0.2, 0.25) is 0 Å². The minimum absolute atomic E-state index is 0.0288. The van der Waals surface area contributed by atoms with Crippen molar-refractivity contribution in [2.75, 3.05) is 10.6 Å². The summed E-state index contributed by atoms with van der Waals surface area (Å²) in [6, 6.07) is 25.8. The lowest BCUT2D eigenvalue weighted by atomic mass is 10.1. The van der Waals surface area contributed by atoms with E-state index in [1.165, 1.54) is 0 Å². The molecule has 3 N–H and O–H groups in total. The molecule has 0 aliphatic carbocycles. The highest BCUT2D eigenvalue weighted by molar-refractivity contribution is 6.23. The van der Waals surface area contributed by atoms with Crippen LogP contribution in [0.4, 0.5) is 17.2 Å². The fourth-order valence-corrected chi connectivity index (χ4v) is 3.97. The van der Waals surface area contributed by atoms with Crippen LogP contribution in [-0.4, -0.2) is 22.3 Å². The van der Waals surface area contributed by atoms with Crippen LogP contribution in [0.2, 0.25) is 0 Å². The standard InChI is InChI=1S/C26H18N4O4/c27-23-22-20(24(32)28-25(22)33)15-21(31)30(23)19-13-11-18(12-14-19)29(17-9-5-2-6-10-17)26(34)16-7-3-1-4-8-16/h1-15H,27H2,(H,28,32,33). The number of nitrogens with one attached hydrogen (secondary N) is 1. The van der Waals surface area contributed by atoms with Crippen molar-refractivity contribution >= 4 is 34.9 Å². The second-order valence-corrected chi connectivity index (χ2v) is 7.63. The van der Waals surface area contributed by atoms with E-state index in [4.69, 9.17) is 5.73 Å². The monoisotopic (exact) mass is 450 g/mol. The number of hydrogen-bond donors (Lipinski definition) is 2. The minimum Gasteiger partial charge on any atom is -0.384 e. The maximum atomic E-state index is 13.4. The topological polar surface area (TPSA) is 114 Å². The van der Waals surface area contributed by atoms with Gasteiger partial charge in [-0.15, -0.1) is 0 Å². The number of amides is 3. The number of hydrogen-bond acceptors (Lipinski definition) is 5. The van der Waals surface area contributed by atoms with Crippen LogP contribution in [0.1, 0.15) is 31.1 Å². The number of anilines is 3. The SMILES string of the molecule is Nc1c2c(cc(=O)n1-c1ccc(N(C(=O)c3ccccc3)c3ccccc3)cc1)C(=O)NC2=O. The van der Waals surface area contributed by atoms with Crippen molar-refractivity contribution in [2.24, 2.45) is 0 Å². The third kappa shape index (κ3) is 3.43. The summed E-state index contributed by atoms with van der Waals surface area (Å²) in [6.45, 7) is 0. The molecule has 1 aromatic heterocycles. The zero-order valence-corrected chi connectivity index (χ0v) is 17.8. The van der Waals surface area contributed by atoms with Crippen molar-refractivity contribution in [3.05, 3.63) is 118 Å². The molecule has 0 saturated carbocycles. The molecule has 34 heavy (non-hydrogen) atoms. The number of para-hydroxylation sites is 1. The van der Waals surface area contributed by atoms with E-state index in [1.54, 1.807) is 53.4 Å². The number of aromatic nitrogens is 1. The highest BCUT2D eigenvalue weighted by Gasteiger charge is 2.32. The second-order valence-electron chi connectivity index (χ2n) is 7.63. The minimum atomic E-state index is -0.649. The first-order valence-electron chi connectivity index (χ1n) is 10.4. The van der Waals surface area contributed by atoms with Crippen LogP contribution in [-0.2, 0) is 0 Å². The van der Waals surface area contributed by atoms with Gasteiger partial charge in [-0.05, 0) is 48.5 Å². The normalized spacial score (nSPS) is 12.2. The van der Waals surface area contributed by atoms with Gasteiger partial charge < -0.3 is 5.73 Å². The second kappa shape index (κ2) is 8.18. The number of nitrogen functional groups attached to an aromatic ring is 1. The lowest BCUT2D eigenvalue weighted by molar-refractivity contribution is 0.0879. The van der Waals surface area contributed by atoms with Crippen LogP contribution < -0.4 is 21.5 Å². The molecule has 0 radical (unpaired) electrons. The quantitative estimate of drug-likeness (QED) is 0.463. The molecule has 0 atom stereocenters. The Morgan fingerprint density at radius 1 is 0.765 bits per heavy atom. The number of carbonyl (C=O) groups excluding carboxylic acids is 3. The summed E-state index contributed by atoms with van der Waals surface area (Å²) in [5, 5.41) is 2.14. The number of imide groups is 1. The maximum absolute atomic E-state index is 13.4. The Hall–Kier alpha value is -4.98. The lowest BCUT2D eigenvalue weighted by Crippen LogP contribution is -2.26. The summed E-state index contributed by atoms with van der Waals surface area (Å²) < 4.78 is 1.16. The molecular weight excluding hydrogens is 432 g/mol. The molecule has 5 rings (SSSR count). The predicted octanol–water partition coefficient (Wildman–Crippen LogP) is 3.28. The van der Waals surface area contributed by atoms with Gasteiger partial charge in [-0.2, -0.15) is 0 Å². The summed E-state index contributed by atoms with van der Waals surface area (Å²) >= 11 is 0. The Labute approximate surface area is 193 Å². The molecule has 4 aromatic rings. The first kappa shape index (κ1) is 20.9. The van der Waals surface area contributed by atoms with Crippen molar-refractivity contribution in [3.63, 3.8) is 0 Å². The molecular formula is C26H18N4O4. The van der Waals surface area contributed by atoms with Crippen molar-refractivity contribution in [1.82, 2.24) is 9.88 Å². The van der Waals surface area contributed by atoms with Gasteiger partial charge in [-0.25, -0.2) is 0 Å². The van der Waals surface area contributed by atoms with Crippen LogP contribution >= 0.6 is 0 Å². The maximum Gasteiger partial charge on any atom is 0.262 e. The number of rotatable bonds is 4. The molecule has 3 amide bonds. The van der Waals surface area contributed by atoms with E-state index < -0.39 is 17.4 Å². The number of nitrogens with zero attached hydrogens (tertiary/aromatic N) is 2. The van der Waals surface area contributed by atoms with Crippen molar-refractivity contribution in [1.29, 1.82) is 0 Å². The van der Waals surface area contributed by atoms with Gasteiger partial charge in [0.05, 0.1) is 16.8 Å². The van der Waals surface area contributed by atoms with Gasteiger partial charge in [0.25, 0.3) is 23.3 Å². The number of benzene rings is 3. The van der Waals surface area contributed by atoms with Crippen LogP contribution in [0.25, 0.3) is 5.69 Å². The molecule has 0 spiro atoms. The Kier molecular flexibility index (Phi) is 5.03. The highest BCUT2D eigenvalue weighted by atomic mass is 16.2. The molecule has 8 heteroatoms. The van der Waals surface area contributed by atoms with Gasteiger partial charge >= 0.3 is 0 Å². The first-order chi connectivity index (χ1) is 16.5. The van der Waals surface area contributed by atoms with E-state index in [2.05, 4.69) is 5.32 Å². The van der Waals surface area contributed by atoms with Gasteiger partial charge in [0.1, 0.15) is 5.82 Å². The number of fused-ring (bicyclic) bond motifs is 1. The largest absolute Gasteiger partial charge is 0.384 e. The summed E-state index contributed by atoms with van der Waals surface area (Å²) in [7, 11) is 0. The van der Waals surface area contributed by atoms with E-state index in [9.17, 15) is 19.2 Å². The summed E-state index contributed by atoms with van der Waals surface area (Å²) in [4.78, 5) is 51.7. The van der Waals surface area contributed by atoms with Crippen LogP contribution in [0, 0.1) is 0 Å². The molecule has 0 saturated heterocycles. The molecule has 1 aliphatic heterocycles. The molecule has 166 valence electrons. The van der Waals surface area contributed by atoms with E-state index in [0.717, 1.165) is 10.6 Å². The first-order valence-corrected chi connectivity index (χ1v) is 10.4. The fraction of sp³-hybridized carbons (Fsp3) is 0. The molecule has 0 bridgehead atoms. The van der Waals surface area contributed by atoms with E-state index >= 15 is 0 Å². The van der Waals surface area contributed by atoms with Gasteiger partial charge in [-0.3, -0.25) is 34.0 Å². The van der Waals surface area contributed by atoms with Gasteiger partial charge in [0, 0.05) is 23.0 Å². The highest BCUT2D eigenvalue weighted by Crippen LogP contribution is 2.29. The number of carbonyl (C=O) groups is 3. The molecule has 0 fully saturated rings. The predicted molar refractivity (Wildman–Crippen MR) is 128 cm³/mol. The Morgan fingerprint density at radius 2 is 1.35 bits per heavy atom. The van der Waals surface area contributed by atoms with E-state index in [0.29, 0.717) is 22.6 Å². The summed E-state index contributed by atoms with van der Waals surface area (Å²) in [5.74, 6) is -1.64. The number of pyridine rings is 1. The summed E-state index contributed by atoms with van der Waals surface area (Å²) in [5.41, 5.74) is 7.66. The van der Waals surface area contributed by atoms with E-state index in [-0.39, 0.29) is 22.9 Å². The third-order valence-electron chi connectivity index (χ3n) is 5.56. The van der Waals surface area contributed by atoms with Crippen LogP contribution in [0.15, 0.2) is 95.8 Å². The zero-order chi connectivity index (χ0) is 23.8.